The standard InChI is InChI=1S/C13H18/c1-6-11-8-10(3)12(7-2)13(4,5)9-11/h2,6,11H,1,8-9H2,3-5H3. The maximum Gasteiger partial charge on any atom is 0.00636 e. The topological polar surface area (TPSA) is 0 Å². The van der Waals surface area contributed by atoms with Gasteiger partial charge in [0.2, 0.25) is 0 Å². The molecule has 0 amide bonds. The van der Waals surface area contributed by atoms with Gasteiger partial charge in [0.15, 0.2) is 0 Å². The van der Waals surface area contributed by atoms with Crippen molar-refractivity contribution in [1.29, 1.82) is 0 Å². The Balaban J connectivity index is 3.06. The fraction of sp³-hybridized carbons (Fsp3) is 0.538. The summed E-state index contributed by atoms with van der Waals surface area (Å²) in [6.07, 6.45) is 9.80. The van der Waals surface area contributed by atoms with E-state index in [1.54, 1.807) is 0 Å². The van der Waals surface area contributed by atoms with E-state index in [9.17, 15) is 0 Å². The molecule has 0 radical (unpaired) electrons. The van der Waals surface area contributed by atoms with Crippen molar-refractivity contribution in [3.63, 3.8) is 0 Å². The second kappa shape index (κ2) is 3.42. The minimum atomic E-state index is 0.163. The Morgan fingerprint density at radius 3 is 2.62 bits per heavy atom. The van der Waals surface area contributed by atoms with Gasteiger partial charge in [-0.15, -0.1) is 13.0 Å². The van der Waals surface area contributed by atoms with E-state index in [1.165, 1.54) is 11.1 Å². The normalized spacial score (nSPS) is 26.8. The monoisotopic (exact) mass is 174 g/mol. The Morgan fingerprint density at radius 2 is 2.23 bits per heavy atom. The molecule has 0 aromatic rings. The van der Waals surface area contributed by atoms with Gasteiger partial charge in [-0.3, -0.25) is 0 Å². The summed E-state index contributed by atoms with van der Waals surface area (Å²) in [6, 6.07) is 0. The Kier molecular flexibility index (Phi) is 2.66. The molecule has 1 aliphatic rings. The number of hydrogen-bond donors (Lipinski definition) is 0. The Bertz CT molecular complexity index is 284. The van der Waals surface area contributed by atoms with Crippen LogP contribution >= 0.6 is 0 Å². The number of rotatable bonds is 1. The Labute approximate surface area is 81.7 Å². The van der Waals surface area contributed by atoms with Gasteiger partial charge in [0.05, 0.1) is 0 Å². The van der Waals surface area contributed by atoms with Crippen molar-refractivity contribution < 1.29 is 0 Å². The van der Waals surface area contributed by atoms with Gasteiger partial charge in [-0.2, -0.15) is 0 Å². The van der Waals surface area contributed by atoms with Gasteiger partial charge >= 0.3 is 0 Å². The van der Waals surface area contributed by atoms with Crippen molar-refractivity contribution in [3.8, 4) is 12.3 Å². The third-order valence-electron chi connectivity index (χ3n) is 2.92. The summed E-state index contributed by atoms with van der Waals surface area (Å²) in [6.45, 7) is 10.5. The van der Waals surface area contributed by atoms with Crippen molar-refractivity contribution in [2.75, 3.05) is 0 Å². The van der Waals surface area contributed by atoms with Crippen LogP contribution in [0, 0.1) is 23.7 Å². The van der Waals surface area contributed by atoms with Crippen LogP contribution in [0.25, 0.3) is 0 Å². The summed E-state index contributed by atoms with van der Waals surface area (Å²) < 4.78 is 0. The lowest BCUT2D eigenvalue weighted by atomic mass is 9.69. The minimum absolute atomic E-state index is 0.163. The van der Waals surface area contributed by atoms with Crippen LogP contribution in [-0.4, -0.2) is 0 Å². The lowest BCUT2D eigenvalue weighted by molar-refractivity contribution is 0.330. The van der Waals surface area contributed by atoms with Gasteiger partial charge in [-0.1, -0.05) is 31.4 Å². The SMILES string of the molecule is C#CC1=C(C)CC(C=C)CC1(C)C. The molecule has 0 bridgehead atoms. The molecule has 0 saturated heterocycles. The fourth-order valence-electron chi connectivity index (χ4n) is 2.39. The van der Waals surface area contributed by atoms with Crippen molar-refractivity contribution in [2.24, 2.45) is 11.3 Å². The maximum atomic E-state index is 5.52. The first-order valence-electron chi connectivity index (χ1n) is 4.80. The van der Waals surface area contributed by atoms with E-state index in [0.717, 1.165) is 12.8 Å². The van der Waals surface area contributed by atoms with E-state index in [1.807, 2.05) is 0 Å². The van der Waals surface area contributed by atoms with E-state index < -0.39 is 0 Å². The first kappa shape index (κ1) is 10.1. The highest BCUT2D eigenvalue weighted by atomic mass is 14.3. The van der Waals surface area contributed by atoms with Crippen LogP contribution in [-0.2, 0) is 0 Å². The quantitative estimate of drug-likeness (QED) is 0.421. The Hall–Kier alpha value is -0.960. The van der Waals surface area contributed by atoms with Crippen molar-refractivity contribution in [2.45, 2.75) is 33.6 Å². The molecule has 0 heterocycles. The molecule has 0 aromatic heterocycles. The zero-order valence-corrected chi connectivity index (χ0v) is 8.85. The predicted octanol–water partition coefficient (Wildman–Crippen LogP) is 3.56. The van der Waals surface area contributed by atoms with Gasteiger partial charge in [0.25, 0.3) is 0 Å². The molecule has 1 rings (SSSR count). The first-order valence-corrected chi connectivity index (χ1v) is 4.80. The third kappa shape index (κ3) is 1.86. The van der Waals surface area contributed by atoms with Crippen molar-refractivity contribution in [1.82, 2.24) is 0 Å². The van der Waals surface area contributed by atoms with Crippen molar-refractivity contribution >= 4 is 0 Å². The van der Waals surface area contributed by atoms with Gasteiger partial charge < -0.3 is 0 Å². The second-order valence-electron chi connectivity index (χ2n) is 4.59. The van der Waals surface area contributed by atoms with Crippen LogP contribution in [0.3, 0.4) is 0 Å². The molecule has 0 heteroatoms. The summed E-state index contributed by atoms with van der Waals surface area (Å²) in [7, 11) is 0. The van der Waals surface area contributed by atoms with E-state index in [4.69, 9.17) is 6.42 Å². The molecule has 0 N–H and O–H groups in total. The van der Waals surface area contributed by atoms with Crippen LogP contribution in [0.15, 0.2) is 23.8 Å². The number of terminal acetylenes is 1. The number of allylic oxidation sites excluding steroid dienone is 3. The van der Waals surface area contributed by atoms with Gasteiger partial charge in [0, 0.05) is 5.57 Å². The molecule has 0 nitrogen and oxygen atoms in total. The number of hydrogen-bond acceptors (Lipinski definition) is 0. The summed E-state index contributed by atoms with van der Waals surface area (Å²) in [5.74, 6) is 3.44. The molecule has 1 unspecified atom stereocenters. The second-order valence-corrected chi connectivity index (χ2v) is 4.59. The fourth-order valence-corrected chi connectivity index (χ4v) is 2.39. The van der Waals surface area contributed by atoms with E-state index in [-0.39, 0.29) is 5.41 Å². The highest BCUT2D eigenvalue weighted by molar-refractivity contribution is 5.38. The Morgan fingerprint density at radius 1 is 1.62 bits per heavy atom. The van der Waals surface area contributed by atoms with Gasteiger partial charge in [-0.05, 0) is 31.1 Å². The lowest BCUT2D eigenvalue weighted by Crippen LogP contribution is -2.24. The molecule has 0 aliphatic heterocycles. The zero-order chi connectivity index (χ0) is 10.1. The van der Waals surface area contributed by atoms with E-state index >= 15 is 0 Å². The lowest BCUT2D eigenvalue weighted by Gasteiger charge is -2.35. The average Bonchev–Trinajstić information content (AvgIpc) is 2.02. The maximum absolute atomic E-state index is 5.52. The van der Waals surface area contributed by atoms with Crippen molar-refractivity contribution in [3.05, 3.63) is 23.8 Å². The molecule has 0 aromatic carbocycles. The predicted molar refractivity (Wildman–Crippen MR) is 58.2 cm³/mol. The van der Waals surface area contributed by atoms with E-state index in [2.05, 4.69) is 39.3 Å². The summed E-state index contributed by atoms with van der Waals surface area (Å²) in [5, 5.41) is 0. The minimum Gasteiger partial charge on any atom is -0.115 e. The highest BCUT2D eigenvalue weighted by Crippen LogP contribution is 2.42. The molecule has 0 saturated carbocycles. The molecule has 70 valence electrons. The summed E-state index contributed by atoms with van der Waals surface area (Å²) >= 11 is 0. The summed E-state index contributed by atoms with van der Waals surface area (Å²) in [5.41, 5.74) is 2.73. The van der Waals surface area contributed by atoms with Gasteiger partial charge in [-0.25, -0.2) is 0 Å². The smallest absolute Gasteiger partial charge is 0.00636 e. The summed E-state index contributed by atoms with van der Waals surface area (Å²) in [4.78, 5) is 0. The highest BCUT2D eigenvalue weighted by Gasteiger charge is 2.31. The molecule has 0 spiro atoms. The average molecular weight is 174 g/mol. The molecule has 13 heavy (non-hydrogen) atoms. The van der Waals surface area contributed by atoms with Crippen LogP contribution < -0.4 is 0 Å². The molecule has 0 fully saturated rings. The molecular weight excluding hydrogens is 156 g/mol. The van der Waals surface area contributed by atoms with Crippen LogP contribution in [0.1, 0.15) is 33.6 Å². The van der Waals surface area contributed by atoms with E-state index in [0.29, 0.717) is 5.92 Å². The third-order valence-corrected chi connectivity index (χ3v) is 2.92. The van der Waals surface area contributed by atoms with Crippen LogP contribution in [0.5, 0.6) is 0 Å². The molecular formula is C13H18. The molecule has 1 atom stereocenters. The van der Waals surface area contributed by atoms with Crippen LogP contribution in [0.2, 0.25) is 0 Å². The molecule has 1 aliphatic carbocycles. The van der Waals surface area contributed by atoms with Crippen LogP contribution in [0.4, 0.5) is 0 Å². The zero-order valence-electron chi connectivity index (χ0n) is 8.85. The largest absolute Gasteiger partial charge is 0.115 e. The first-order chi connectivity index (χ1) is 6.01. The van der Waals surface area contributed by atoms with Gasteiger partial charge in [0.1, 0.15) is 0 Å².